The molecule has 0 bridgehead atoms. The van der Waals surface area contributed by atoms with Crippen molar-refractivity contribution in [2.75, 3.05) is 44.2 Å². The molecule has 0 aromatic carbocycles. The minimum absolute atomic E-state index is 0.818. The maximum absolute atomic E-state index is 5.54. The summed E-state index contributed by atoms with van der Waals surface area (Å²) in [5, 5.41) is 2.09. The van der Waals surface area contributed by atoms with Crippen LogP contribution in [0.25, 0.3) is 10.2 Å². The highest BCUT2D eigenvalue weighted by Gasteiger charge is 2.19. The summed E-state index contributed by atoms with van der Waals surface area (Å²) < 4.78 is 1.22. The lowest BCUT2D eigenvalue weighted by Gasteiger charge is -2.35. The van der Waals surface area contributed by atoms with Crippen LogP contribution < -0.4 is 10.6 Å². The number of aromatic nitrogens is 2. The smallest absolute Gasteiger partial charge is 0.150 e. The minimum atomic E-state index is 0.818. The molecule has 0 atom stereocenters. The van der Waals surface area contributed by atoms with E-state index < -0.39 is 0 Å². The Morgan fingerprint density at radius 2 is 1.95 bits per heavy atom. The van der Waals surface area contributed by atoms with Crippen LogP contribution in [0.4, 0.5) is 5.82 Å². The molecule has 1 aliphatic rings. The van der Waals surface area contributed by atoms with Crippen LogP contribution in [0.5, 0.6) is 0 Å². The minimum Gasteiger partial charge on any atom is -0.353 e. The molecule has 0 aliphatic carbocycles. The maximum atomic E-state index is 5.54. The van der Waals surface area contributed by atoms with Crippen molar-refractivity contribution >= 4 is 27.4 Å². The van der Waals surface area contributed by atoms with Crippen molar-refractivity contribution in [1.29, 1.82) is 0 Å². The summed E-state index contributed by atoms with van der Waals surface area (Å²) in [6.45, 7) is 6.38. The first-order valence-electron chi connectivity index (χ1n) is 7.74. The second-order valence-electron chi connectivity index (χ2n) is 5.51. The molecule has 1 fully saturated rings. The van der Waals surface area contributed by atoms with E-state index in [-0.39, 0.29) is 0 Å². The zero-order valence-electron chi connectivity index (χ0n) is 12.4. The average Bonchev–Trinajstić information content (AvgIpc) is 3.01. The monoisotopic (exact) mass is 305 g/mol. The van der Waals surface area contributed by atoms with Gasteiger partial charge in [0.05, 0.1) is 10.2 Å². The molecule has 1 aliphatic heterocycles. The van der Waals surface area contributed by atoms with Crippen LogP contribution in [0, 0.1) is 0 Å². The molecule has 0 unspecified atom stereocenters. The molecule has 2 aromatic heterocycles. The van der Waals surface area contributed by atoms with Crippen molar-refractivity contribution in [2.45, 2.75) is 19.3 Å². The van der Waals surface area contributed by atoms with E-state index in [2.05, 4.69) is 31.2 Å². The molecule has 1 saturated heterocycles. The van der Waals surface area contributed by atoms with Crippen LogP contribution in [0.2, 0.25) is 0 Å². The number of fused-ring (bicyclic) bond motifs is 1. The number of thiophene rings is 1. The van der Waals surface area contributed by atoms with Gasteiger partial charge in [0.15, 0.2) is 0 Å². The van der Waals surface area contributed by atoms with E-state index >= 15 is 0 Å². The van der Waals surface area contributed by atoms with Crippen molar-refractivity contribution in [3.63, 3.8) is 0 Å². The summed E-state index contributed by atoms with van der Waals surface area (Å²) in [6.07, 6.45) is 5.35. The average molecular weight is 305 g/mol. The number of anilines is 1. The number of piperazine rings is 1. The van der Waals surface area contributed by atoms with Gasteiger partial charge < -0.3 is 10.6 Å². The maximum Gasteiger partial charge on any atom is 0.150 e. The molecule has 3 heterocycles. The van der Waals surface area contributed by atoms with Crippen molar-refractivity contribution in [2.24, 2.45) is 5.73 Å². The number of unbranched alkanes of at least 4 members (excludes halogenated alkanes) is 2. The zero-order chi connectivity index (χ0) is 14.5. The summed E-state index contributed by atoms with van der Waals surface area (Å²) in [5.74, 6) is 1.11. The van der Waals surface area contributed by atoms with E-state index in [0.29, 0.717) is 0 Å². The van der Waals surface area contributed by atoms with Gasteiger partial charge >= 0.3 is 0 Å². The number of nitrogens with two attached hydrogens (primary N) is 1. The van der Waals surface area contributed by atoms with E-state index in [4.69, 9.17) is 5.73 Å². The Kier molecular flexibility index (Phi) is 5.00. The summed E-state index contributed by atoms with van der Waals surface area (Å²) >= 11 is 1.74. The third-order valence-electron chi connectivity index (χ3n) is 4.07. The Hall–Kier alpha value is -1.24. The second-order valence-corrected chi connectivity index (χ2v) is 6.43. The quantitative estimate of drug-likeness (QED) is 0.827. The fourth-order valence-corrected chi connectivity index (χ4v) is 3.70. The Morgan fingerprint density at radius 1 is 1.10 bits per heavy atom. The Labute approximate surface area is 129 Å². The van der Waals surface area contributed by atoms with Gasteiger partial charge in [-0.3, -0.25) is 4.90 Å². The normalized spacial score (nSPS) is 16.7. The van der Waals surface area contributed by atoms with Gasteiger partial charge in [-0.1, -0.05) is 6.42 Å². The highest BCUT2D eigenvalue weighted by atomic mass is 32.1. The Bertz CT molecular complexity index is 562. The van der Waals surface area contributed by atoms with Gasteiger partial charge in [0, 0.05) is 26.2 Å². The third kappa shape index (κ3) is 3.51. The molecular weight excluding hydrogens is 282 g/mol. The SMILES string of the molecule is NCCCCCN1CCN(c2ncnc3ccsc23)CC1. The fraction of sp³-hybridized carbons (Fsp3) is 0.600. The molecule has 3 rings (SSSR count). The van der Waals surface area contributed by atoms with Crippen LogP contribution >= 0.6 is 11.3 Å². The van der Waals surface area contributed by atoms with Gasteiger partial charge in [-0.05, 0) is 37.4 Å². The summed E-state index contributed by atoms with van der Waals surface area (Å²) in [7, 11) is 0. The second kappa shape index (κ2) is 7.15. The number of hydrogen-bond donors (Lipinski definition) is 1. The lowest BCUT2D eigenvalue weighted by Crippen LogP contribution is -2.47. The van der Waals surface area contributed by atoms with E-state index in [9.17, 15) is 0 Å². The number of nitrogens with zero attached hydrogens (tertiary/aromatic N) is 4. The molecule has 0 amide bonds. The van der Waals surface area contributed by atoms with Gasteiger partial charge in [0.1, 0.15) is 12.1 Å². The van der Waals surface area contributed by atoms with Gasteiger partial charge in [-0.15, -0.1) is 11.3 Å². The molecule has 21 heavy (non-hydrogen) atoms. The van der Waals surface area contributed by atoms with Crippen LogP contribution in [0.1, 0.15) is 19.3 Å². The lowest BCUT2D eigenvalue weighted by atomic mass is 10.2. The van der Waals surface area contributed by atoms with Crippen LogP contribution in [0.3, 0.4) is 0 Å². The molecule has 0 radical (unpaired) electrons. The summed E-state index contributed by atoms with van der Waals surface area (Å²) in [6, 6.07) is 2.07. The first-order valence-corrected chi connectivity index (χ1v) is 8.62. The van der Waals surface area contributed by atoms with Crippen molar-refractivity contribution in [3.8, 4) is 0 Å². The first-order chi connectivity index (χ1) is 10.4. The molecular formula is C15H23N5S. The first kappa shape index (κ1) is 14.7. The van der Waals surface area contributed by atoms with Crippen LogP contribution in [-0.4, -0.2) is 54.1 Å². The van der Waals surface area contributed by atoms with Crippen molar-refractivity contribution < 1.29 is 0 Å². The molecule has 0 spiro atoms. The van der Waals surface area contributed by atoms with Crippen molar-refractivity contribution in [3.05, 3.63) is 17.8 Å². The topological polar surface area (TPSA) is 58.3 Å². The van der Waals surface area contributed by atoms with E-state index in [1.54, 1.807) is 17.7 Å². The predicted octanol–water partition coefficient (Wildman–Crippen LogP) is 1.94. The third-order valence-corrected chi connectivity index (χ3v) is 4.97. The lowest BCUT2D eigenvalue weighted by molar-refractivity contribution is 0.252. The largest absolute Gasteiger partial charge is 0.353 e. The zero-order valence-corrected chi connectivity index (χ0v) is 13.2. The Morgan fingerprint density at radius 3 is 2.76 bits per heavy atom. The van der Waals surface area contributed by atoms with E-state index in [1.807, 2.05) is 0 Å². The molecule has 2 N–H and O–H groups in total. The summed E-state index contributed by atoms with van der Waals surface area (Å²) in [5.41, 5.74) is 6.60. The highest BCUT2D eigenvalue weighted by molar-refractivity contribution is 7.17. The van der Waals surface area contributed by atoms with E-state index in [0.717, 1.165) is 50.5 Å². The van der Waals surface area contributed by atoms with E-state index in [1.165, 1.54) is 24.1 Å². The molecule has 6 heteroatoms. The van der Waals surface area contributed by atoms with Gasteiger partial charge in [-0.2, -0.15) is 0 Å². The molecule has 114 valence electrons. The predicted molar refractivity (Wildman–Crippen MR) is 89.0 cm³/mol. The number of rotatable bonds is 6. The van der Waals surface area contributed by atoms with Crippen molar-refractivity contribution in [1.82, 2.24) is 14.9 Å². The molecule has 2 aromatic rings. The van der Waals surface area contributed by atoms with Gasteiger partial charge in [-0.25, -0.2) is 9.97 Å². The fourth-order valence-electron chi connectivity index (χ4n) is 2.84. The van der Waals surface area contributed by atoms with Crippen LogP contribution in [0.15, 0.2) is 17.8 Å². The standard InChI is InChI=1S/C15H23N5S/c16-5-2-1-3-6-19-7-9-20(10-8-19)15-14-13(4-11-21-14)17-12-18-15/h4,11-12H,1-3,5-10,16H2. The number of hydrogen-bond acceptors (Lipinski definition) is 6. The van der Waals surface area contributed by atoms with Gasteiger partial charge in [0.25, 0.3) is 0 Å². The summed E-state index contributed by atoms with van der Waals surface area (Å²) in [4.78, 5) is 13.8. The molecule has 5 nitrogen and oxygen atoms in total. The van der Waals surface area contributed by atoms with Crippen LogP contribution in [-0.2, 0) is 0 Å². The molecule has 0 saturated carbocycles. The highest BCUT2D eigenvalue weighted by Crippen LogP contribution is 2.28. The Balaban J connectivity index is 1.55. The van der Waals surface area contributed by atoms with Gasteiger partial charge in [0.2, 0.25) is 0 Å².